The molecule has 0 bridgehead atoms. The van der Waals surface area contributed by atoms with Crippen LogP contribution in [0.15, 0.2) is 77.7 Å². The van der Waals surface area contributed by atoms with Crippen molar-refractivity contribution in [2.45, 2.75) is 24.4 Å². The highest BCUT2D eigenvalue weighted by Crippen LogP contribution is 2.22. The fourth-order valence-electron chi connectivity index (χ4n) is 2.99. The third kappa shape index (κ3) is 5.68. The number of benzene rings is 3. The second-order valence-electron chi connectivity index (χ2n) is 6.92. The minimum Gasteiger partial charge on any atom is -0.495 e. The van der Waals surface area contributed by atoms with Crippen LogP contribution in [0.1, 0.15) is 34.5 Å². The van der Waals surface area contributed by atoms with Crippen LogP contribution in [0.25, 0.3) is 0 Å². The zero-order valence-electron chi connectivity index (χ0n) is 17.1. The van der Waals surface area contributed by atoms with Gasteiger partial charge in [0.2, 0.25) is 10.0 Å². The minimum absolute atomic E-state index is 0.0586. The topological polar surface area (TPSA) is 84.5 Å². The highest BCUT2D eigenvalue weighted by Gasteiger charge is 2.18. The molecule has 0 aliphatic heterocycles. The van der Waals surface area contributed by atoms with E-state index in [1.807, 2.05) is 6.92 Å². The first-order valence-electron chi connectivity index (χ1n) is 9.58. The molecule has 3 rings (SSSR count). The van der Waals surface area contributed by atoms with Crippen LogP contribution in [0.2, 0.25) is 0 Å². The molecule has 0 radical (unpaired) electrons. The average molecular weight is 443 g/mol. The van der Waals surface area contributed by atoms with Crippen molar-refractivity contribution < 1.29 is 22.3 Å². The zero-order valence-corrected chi connectivity index (χ0v) is 17.9. The number of hydrogen-bond acceptors (Lipinski definition) is 4. The van der Waals surface area contributed by atoms with Gasteiger partial charge in [-0.2, -0.15) is 0 Å². The Morgan fingerprint density at radius 3 is 2.29 bits per heavy atom. The first kappa shape index (κ1) is 22.5. The van der Waals surface area contributed by atoms with Crippen LogP contribution >= 0.6 is 0 Å². The van der Waals surface area contributed by atoms with E-state index in [9.17, 15) is 17.6 Å². The zero-order chi connectivity index (χ0) is 22.4. The van der Waals surface area contributed by atoms with Crippen LogP contribution in [-0.2, 0) is 16.6 Å². The molecule has 162 valence electrons. The maximum atomic E-state index is 13.0. The molecule has 1 atom stereocenters. The van der Waals surface area contributed by atoms with E-state index in [4.69, 9.17) is 4.74 Å². The molecule has 0 fully saturated rings. The molecule has 8 heteroatoms. The maximum absolute atomic E-state index is 13.0. The molecule has 0 heterocycles. The number of para-hydroxylation sites is 1. The summed E-state index contributed by atoms with van der Waals surface area (Å²) in [6, 6.07) is 18.6. The second-order valence-corrected chi connectivity index (χ2v) is 8.65. The molecule has 1 amide bonds. The van der Waals surface area contributed by atoms with Gasteiger partial charge < -0.3 is 10.1 Å². The number of hydrogen-bond donors (Lipinski definition) is 2. The van der Waals surface area contributed by atoms with Crippen molar-refractivity contribution in [2.75, 3.05) is 7.11 Å². The molecular weight excluding hydrogens is 419 g/mol. The van der Waals surface area contributed by atoms with Crippen molar-refractivity contribution in [3.05, 3.63) is 95.3 Å². The number of carbonyl (C=O) groups is 1. The van der Waals surface area contributed by atoms with Crippen molar-refractivity contribution in [1.82, 2.24) is 10.0 Å². The molecule has 0 aliphatic carbocycles. The van der Waals surface area contributed by atoms with Crippen molar-refractivity contribution in [3.8, 4) is 5.75 Å². The van der Waals surface area contributed by atoms with Crippen LogP contribution in [0.5, 0.6) is 5.75 Å². The quantitative estimate of drug-likeness (QED) is 0.556. The standard InChI is InChI=1S/C23H23FN2O4S/c1-16(18-11-13-20(24)14-12-18)26-23(27)19-9-7-17(8-10-19)15-25-31(28,29)22-6-4-3-5-21(22)30-2/h3-14,16,25H,15H2,1-2H3,(H,26,27). The molecule has 0 spiro atoms. The van der Waals surface area contributed by atoms with Crippen molar-refractivity contribution in [1.29, 1.82) is 0 Å². The van der Waals surface area contributed by atoms with Gasteiger partial charge in [0.05, 0.1) is 13.2 Å². The Kier molecular flexibility index (Phi) is 7.04. The van der Waals surface area contributed by atoms with Gasteiger partial charge in [0, 0.05) is 12.1 Å². The number of amides is 1. The first-order valence-corrected chi connectivity index (χ1v) is 11.1. The lowest BCUT2D eigenvalue weighted by Crippen LogP contribution is -2.26. The third-order valence-corrected chi connectivity index (χ3v) is 6.20. The lowest BCUT2D eigenvalue weighted by atomic mass is 10.1. The van der Waals surface area contributed by atoms with Gasteiger partial charge in [-0.3, -0.25) is 4.79 Å². The molecular formula is C23H23FN2O4S. The number of nitrogens with one attached hydrogen (secondary N) is 2. The van der Waals surface area contributed by atoms with E-state index in [0.29, 0.717) is 11.1 Å². The van der Waals surface area contributed by atoms with Crippen molar-refractivity contribution in [3.63, 3.8) is 0 Å². The number of halogens is 1. The Bertz CT molecular complexity index is 1150. The average Bonchev–Trinajstić information content (AvgIpc) is 2.78. The summed E-state index contributed by atoms with van der Waals surface area (Å²) in [5.41, 5.74) is 1.92. The van der Waals surface area contributed by atoms with Gasteiger partial charge in [0.25, 0.3) is 5.91 Å². The van der Waals surface area contributed by atoms with Crippen molar-refractivity contribution in [2.24, 2.45) is 0 Å². The van der Waals surface area contributed by atoms with Crippen molar-refractivity contribution >= 4 is 15.9 Å². The van der Waals surface area contributed by atoms with Crippen LogP contribution in [0, 0.1) is 5.82 Å². The van der Waals surface area contributed by atoms with Crippen LogP contribution in [0.4, 0.5) is 4.39 Å². The largest absolute Gasteiger partial charge is 0.495 e. The molecule has 0 aromatic heterocycles. The molecule has 2 N–H and O–H groups in total. The van der Waals surface area contributed by atoms with E-state index >= 15 is 0 Å². The van der Waals surface area contributed by atoms with Crippen LogP contribution in [-0.4, -0.2) is 21.4 Å². The maximum Gasteiger partial charge on any atom is 0.251 e. The van der Waals surface area contributed by atoms with Gasteiger partial charge in [-0.1, -0.05) is 36.4 Å². The first-order chi connectivity index (χ1) is 14.8. The van der Waals surface area contributed by atoms with E-state index in [0.717, 1.165) is 5.56 Å². The summed E-state index contributed by atoms with van der Waals surface area (Å²) in [6.07, 6.45) is 0. The summed E-state index contributed by atoms with van der Waals surface area (Å²) in [5.74, 6) is -0.352. The fourth-order valence-corrected chi connectivity index (χ4v) is 4.17. The molecule has 6 nitrogen and oxygen atoms in total. The summed E-state index contributed by atoms with van der Waals surface area (Å²) in [4.78, 5) is 12.5. The molecule has 0 saturated heterocycles. The Morgan fingerprint density at radius 1 is 1.00 bits per heavy atom. The summed E-state index contributed by atoms with van der Waals surface area (Å²) in [7, 11) is -2.35. The van der Waals surface area contributed by atoms with E-state index in [1.165, 1.54) is 25.3 Å². The van der Waals surface area contributed by atoms with Gasteiger partial charge in [0.1, 0.15) is 16.5 Å². The third-order valence-electron chi connectivity index (χ3n) is 4.76. The Labute approximate surface area is 181 Å². The van der Waals surface area contributed by atoms with E-state index in [2.05, 4.69) is 10.0 Å². The summed E-state index contributed by atoms with van der Waals surface area (Å²) < 4.78 is 45.8. The van der Waals surface area contributed by atoms with Gasteiger partial charge in [-0.25, -0.2) is 17.5 Å². The number of carbonyl (C=O) groups excluding carboxylic acids is 1. The highest BCUT2D eigenvalue weighted by molar-refractivity contribution is 7.89. The Hall–Kier alpha value is -3.23. The molecule has 0 aliphatic rings. The molecule has 1 unspecified atom stereocenters. The normalized spacial score (nSPS) is 12.2. The summed E-state index contributed by atoms with van der Waals surface area (Å²) in [6.45, 7) is 1.88. The van der Waals surface area contributed by atoms with Gasteiger partial charge in [-0.05, 0) is 54.4 Å². The molecule has 0 saturated carbocycles. The number of sulfonamides is 1. The van der Waals surface area contributed by atoms with Gasteiger partial charge >= 0.3 is 0 Å². The van der Waals surface area contributed by atoms with E-state index in [-0.39, 0.29) is 35.0 Å². The Morgan fingerprint density at radius 2 is 1.65 bits per heavy atom. The second kappa shape index (κ2) is 9.72. The molecule has 3 aromatic rings. The number of rotatable bonds is 8. The lowest BCUT2D eigenvalue weighted by Gasteiger charge is -2.15. The number of methoxy groups -OCH3 is 1. The molecule has 3 aromatic carbocycles. The van der Waals surface area contributed by atoms with Gasteiger partial charge in [0.15, 0.2) is 0 Å². The van der Waals surface area contributed by atoms with Crippen LogP contribution < -0.4 is 14.8 Å². The molecule has 31 heavy (non-hydrogen) atoms. The summed E-state index contributed by atoms with van der Waals surface area (Å²) in [5, 5.41) is 2.86. The smallest absolute Gasteiger partial charge is 0.251 e. The van der Waals surface area contributed by atoms with Gasteiger partial charge in [-0.15, -0.1) is 0 Å². The monoisotopic (exact) mass is 442 g/mol. The predicted molar refractivity (Wildman–Crippen MR) is 116 cm³/mol. The van der Waals surface area contributed by atoms with Crippen LogP contribution in [0.3, 0.4) is 0 Å². The highest BCUT2D eigenvalue weighted by atomic mass is 32.2. The Balaban J connectivity index is 1.62. The van der Waals surface area contributed by atoms with E-state index in [1.54, 1.807) is 54.6 Å². The lowest BCUT2D eigenvalue weighted by molar-refractivity contribution is 0.0940. The van der Waals surface area contributed by atoms with E-state index < -0.39 is 10.0 Å². The summed E-state index contributed by atoms with van der Waals surface area (Å²) >= 11 is 0. The predicted octanol–water partition coefficient (Wildman–Crippen LogP) is 3.80. The number of ether oxygens (including phenoxy) is 1. The minimum atomic E-state index is -3.76. The SMILES string of the molecule is COc1ccccc1S(=O)(=O)NCc1ccc(C(=O)NC(C)c2ccc(F)cc2)cc1. The fraction of sp³-hybridized carbons (Fsp3) is 0.174.